The molecule has 0 bridgehead atoms. The van der Waals surface area contributed by atoms with Gasteiger partial charge in [0.15, 0.2) is 5.82 Å². The van der Waals surface area contributed by atoms with Gasteiger partial charge in [-0.25, -0.2) is 4.98 Å². The van der Waals surface area contributed by atoms with Crippen LogP contribution in [0.2, 0.25) is 0 Å². The molecule has 0 aliphatic rings. The minimum atomic E-state index is -0.0773. The second-order valence-corrected chi connectivity index (χ2v) is 4.07. The number of imidazole rings is 1. The molecule has 0 saturated carbocycles. The van der Waals surface area contributed by atoms with Crippen LogP contribution in [0, 0.1) is 6.92 Å². The van der Waals surface area contributed by atoms with Gasteiger partial charge in [-0.3, -0.25) is 9.48 Å². The van der Waals surface area contributed by atoms with E-state index in [9.17, 15) is 4.79 Å². The van der Waals surface area contributed by atoms with E-state index in [-0.39, 0.29) is 5.78 Å². The highest BCUT2D eigenvalue weighted by atomic mass is 16.1. The SMILES string of the molecule is CCCn1ccnc1C(=O)c1cc(C)nn1C. The Morgan fingerprint density at radius 3 is 2.82 bits per heavy atom. The van der Waals surface area contributed by atoms with Crippen molar-refractivity contribution in [2.75, 3.05) is 0 Å². The van der Waals surface area contributed by atoms with Gasteiger partial charge in [0.2, 0.25) is 5.78 Å². The van der Waals surface area contributed by atoms with Crippen LogP contribution in [0.25, 0.3) is 0 Å². The van der Waals surface area contributed by atoms with E-state index in [1.807, 2.05) is 17.7 Å². The van der Waals surface area contributed by atoms with Crippen LogP contribution in [0.15, 0.2) is 18.5 Å². The molecule has 0 radical (unpaired) electrons. The van der Waals surface area contributed by atoms with Gasteiger partial charge in [0.25, 0.3) is 0 Å². The van der Waals surface area contributed by atoms with Crippen molar-refractivity contribution in [3.8, 4) is 0 Å². The number of aromatic nitrogens is 4. The Bertz CT molecular complexity index is 538. The molecule has 0 unspecified atom stereocenters. The largest absolute Gasteiger partial charge is 0.328 e. The minimum Gasteiger partial charge on any atom is -0.328 e. The summed E-state index contributed by atoms with van der Waals surface area (Å²) < 4.78 is 3.48. The van der Waals surface area contributed by atoms with Gasteiger partial charge in [-0.05, 0) is 19.4 Å². The third-order valence-electron chi connectivity index (χ3n) is 2.62. The zero-order chi connectivity index (χ0) is 12.4. The van der Waals surface area contributed by atoms with Crippen LogP contribution >= 0.6 is 0 Å². The van der Waals surface area contributed by atoms with Crippen molar-refractivity contribution in [3.05, 3.63) is 35.7 Å². The third kappa shape index (κ3) is 2.13. The van der Waals surface area contributed by atoms with Crippen molar-refractivity contribution < 1.29 is 4.79 Å². The quantitative estimate of drug-likeness (QED) is 0.752. The van der Waals surface area contributed by atoms with E-state index < -0.39 is 0 Å². The molecule has 0 amide bonds. The Hall–Kier alpha value is -1.91. The minimum absolute atomic E-state index is 0.0773. The van der Waals surface area contributed by atoms with E-state index in [4.69, 9.17) is 0 Å². The zero-order valence-electron chi connectivity index (χ0n) is 10.3. The van der Waals surface area contributed by atoms with E-state index in [1.54, 1.807) is 24.0 Å². The number of hydrogen-bond acceptors (Lipinski definition) is 3. The van der Waals surface area contributed by atoms with Crippen LogP contribution < -0.4 is 0 Å². The summed E-state index contributed by atoms with van der Waals surface area (Å²) in [7, 11) is 1.77. The van der Waals surface area contributed by atoms with Crippen molar-refractivity contribution in [2.45, 2.75) is 26.8 Å². The number of aryl methyl sites for hydroxylation is 3. The first kappa shape index (κ1) is 11.6. The molecule has 2 heterocycles. The molecule has 90 valence electrons. The predicted octanol–water partition coefficient (Wildman–Crippen LogP) is 1.57. The number of carbonyl (C=O) groups excluding carboxylic acids is 1. The van der Waals surface area contributed by atoms with Gasteiger partial charge in [0, 0.05) is 26.0 Å². The van der Waals surface area contributed by atoms with E-state index in [0.717, 1.165) is 18.7 Å². The summed E-state index contributed by atoms with van der Waals surface area (Å²) in [6, 6.07) is 1.79. The smallest absolute Gasteiger partial charge is 0.246 e. The summed E-state index contributed by atoms with van der Waals surface area (Å²) in [5.41, 5.74) is 1.41. The van der Waals surface area contributed by atoms with Crippen molar-refractivity contribution in [1.29, 1.82) is 0 Å². The van der Waals surface area contributed by atoms with Crippen LogP contribution in [0.1, 0.15) is 35.4 Å². The van der Waals surface area contributed by atoms with E-state index >= 15 is 0 Å². The molecule has 0 aromatic carbocycles. The molecule has 5 nitrogen and oxygen atoms in total. The molecule has 0 atom stereocenters. The van der Waals surface area contributed by atoms with E-state index in [2.05, 4.69) is 17.0 Å². The van der Waals surface area contributed by atoms with Crippen molar-refractivity contribution in [3.63, 3.8) is 0 Å². The second kappa shape index (κ2) is 4.53. The highest BCUT2D eigenvalue weighted by Crippen LogP contribution is 2.09. The summed E-state index contributed by atoms with van der Waals surface area (Å²) in [4.78, 5) is 16.4. The Morgan fingerprint density at radius 2 is 2.24 bits per heavy atom. The van der Waals surface area contributed by atoms with Gasteiger partial charge in [-0.15, -0.1) is 0 Å². The van der Waals surface area contributed by atoms with Crippen LogP contribution in [-0.4, -0.2) is 25.1 Å². The Kier molecular flexibility index (Phi) is 3.08. The topological polar surface area (TPSA) is 52.7 Å². The monoisotopic (exact) mass is 232 g/mol. The normalized spacial score (nSPS) is 10.8. The molecule has 0 saturated heterocycles. The standard InChI is InChI=1S/C12H16N4O/c1-4-6-16-7-5-13-12(16)11(17)10-8-9(2)14-15(10)3/h5,7-8H,4,6H2,1-3H3. The van der Waals surface area contributed by atoms with Crippen LogP contribution in [0.3, 0.4) is 0 Å². The lowest BCUT2D eigenvalue weighted by Gasteiger charge is -2.05. The maximum atomic E-state index is 12.3. The summed E-state index contributed by atoms with van der Waals surface area (Å²) >= 11 is 0. The summed E-state index contributed by atoms with van der Waals surface area (Å²) in [5.74, 6) is 0.404. The molecule has 0 aliphatic carbocycles. The highest BCUT2D eigenvalue weighted by molar-refractivity contribution is 6.05. The van der Waals surface area contributed by atoms with Gasteiger partial charge in [0.05, 0.1) is 5.69 Å². The van der Waals surface area contributed by atoms with Gasteiger partial charge in [0.1, 0.15) is 5.69 Å². The average Bonchev–Trinajstić information content (AvgIpc) is 2.85. The first-order chi connectivity index (χ1) is 8.13. The lowest BCUT2D eigenvalue weighted by Crippen LogP contribution is -2.14. The van der Waals surface area contributed by atoms with Gasteiger partial charge < -0.3 is 4.57 Å². The lowest BCUT2D eigenvalue weighted by atomic mass is 10.2. The molecular formula is C12H16N4O. The number of ketones is 1. The van der Waals surface area contributed by atoms with Gasteiger partial charge in [-0.2, -0.15) is 5.10 Å². The number of hydrogen-bond donors (Lipinski definition) is 0. The Balaban J connectivity index is 2.37. The molecular weight excluding hydrogens is 216 g/mol. The summed E-state index contributed by atoms with van der Waals surface area (Å²) in [6.07, 6.45) is 4.47. The van der Waals surface area contributed by atoms with Gasteiger partial charge >= 0.3 is 0 Å². The molecule has 0 spiro atoms. The molecule has 0 fully saturated rings. The molecule has 5 heteroatoms. The maximum Gasteiger partial charge on any atom is 0.246 e. The fraction of sp³-hybridized carbons (Fsp3) is 0.417. The number of rotatable bonds is 4. The van der Waals surface area contributed by atoms with E-state index in [1.165, 1.54) is 0 Å². The summed E-state index contributed by atoms with van der Waals surface area (Å²) in [5, 5.41) is 4.18. The van der Waals surface area contributed by atoms with Crippen molar-refractivity contribution in [2.24, 2.45) is 7.05 Å². The van der Waals surface area contributed by atoms with Gasteiger partial charge in [-0.1, -0.05) is 6.92 Å². The Labute approximate surface area is 100 Å². The van der Waals surface area contributed by atoms with Crippen LogP contribution in [-0.2, 0) is 13.6 Å². The number of carbonyl (C=O) groups is 1. The van der Waals surface area contributed by atoms with Crippen molar-refractivity contribution >= 4 is 5.78 Å². The van der Waals surface area contributed by atoms with Crippen molar-refractivity contribution in [1.82, 2.24) is 19.3 Å². The van der Waals surface area contributed by atoms with Crippen LogP contribution in [0.5, 0.6) is 0 Å². The molecule has 2 aromatic rings. The molecule has 17 heavy (non-hydrogen) atoms. The first-order valence-electron chi connectivity index (χ1n) is 5.70. The first-order valence-corrected chi connectivity index (χ1v) is 5.70. The molecule has 0 aliphatic heterocycles. The Morgan fingerprint density at radius 1 is 1.47 bits per heavy atom. The summed E-state index contributed by atoms with van der Waals surface area (Å²) in [6.45, 7) is 4.75. The van der Waals surface area contributed by atoms with Crippen LogP contribution in [0.4, 0.5) is 0 Å². The molecule has 2 aromatic heterocycles. The fourth-order valence-electron chi connectivity index (χ4n) is 1.88. The zero-order valence-corrected chi connectivity index (χ0v) is 10.3. The average molecular weight is 232 g/mol. The van der Waals surface area contributed by atoms with E-state index in [0.29, 0.717) is 11.5 Å². The second-order valence-electron chi connectivity index (χ2n) is 4.07. The fourth-order valence-corrected chi connectivity index (χ4v) is 1.88. The highest BCUT2D eigenvalue weighted by Gasteiger charge is 2.18. The molecule has 2 rings (SSSR count). The maximum absolute atomic E-state index is 12.3. The number of nitrogens with zero attached hydrogens (tertiary/aromatic N) is 4. The third-order valence-corrected chi connectivity index (χ3v) is 2.62. The molecule has 0 N–H and O–H groups in total. The predicted molar refractivity (Wildman–Crippen MR) is 63.9 cm³/mol. The lowest BCUT2D eigenvalue weighted by molar-refractivity contribution is 0.101.